The molecule has 0 fully saturated rings. The topological polar surface area (TPSA) is 26.0 Å². The van der Waals surface area contributed by atoms with Gasteiger partial charge in [0.25, 0.3) is 0 Å². The third kappa shape index (κ3) is 1.54. The van der Waals surface area contributed by atoms with Gasteiger partial charge in [0.15, 0.2) is 2.82 Å². The van der Waals surface area contributed by atoms with Gasteiger partial charge < -0.3 is 5.72 Å². The summed E-state index contributed by atoms with van der Waals surface area (Å²) in [7, 11) is 0. The Kier molecular flexibility index (Phi) is 1.48. The van der Waals surface area contributed by atoms with E-state index in [4.69, 9.17) is 2.82 Å². The zero-order valence-electron chi connectivity index (χ0n) is 9.14. The molecule has 0 amide bonds. The smallest absolute Gasteiger partial charge is 0.156 e. The van der Waals surface area contributed by atoms with Gasteiger partial charge >= 0.3 is 0 Å². The molecule has 0 aliphatic carbocycles. The number of hydrogen-bond acceptors (Lipinski definition) is 1. The third-order valence-corrected chi connectivity index (χ3v) is 1.99. The number of nitrogens with two attached hydrogens (primary N) is 1. The fourth-order valence-electron chi connectivity index (χ4n) is 1.34. The minimum absolute atomic E-state index is 0.587. The van der Waals surface area contributed by atoms with Crippen molar-refractivity contribution in [3.8, 4) is 11.1 Å². The summed E-state index contributed by atoms with van der Waals surface area (Å²) < 4.78 is 14.6. The molecule has 64 valence electrons. The first-order valence-corrected chi connectivity index (χ1v) is 4.21. The largest absolute Gasteiger partial charge is 0.398 e. The highest BCUT2D eigenvalue weighted by atomic mass is 14.6. The van der Waals surface area contributed by atoms with E-state index in [0.717, 1.165) is 11.1 Å². The van der Waals surface area contributed by atoms with E-state index >= 15 is 0 Å². The Bertz CT molecular complexity index is 440. The first-order valence-electron chi connectivity index (χ1n) is 5.11. The number of benzene rings is 2. The van der Waals surface area contributed by atoms with E-state index in [1.165, 1.54) is 0 Å². The first-order chi connectivity index (χ1) is 7.29. The molecular formula is C12H11N. The predicted molar refractivity (Wildman–Crippen MR) is 56.3 cm³/mol. The van der Waals surface area contributed by atoms with Crippen LogP contribution in [0.25, 0.3) is 11.1 Å². The van der Waals surface area contributed by atoms with E-state index in [1.54, 1.807) is 6.07 Å². The molecule has 1 nitrogen and oxygen atoms in total. The molecule has 0 radical (unpaired) electrons. The average molecular weight is 171 g/mol. The number of anilines is 1. The first kappa shape index (κ1) is 5.81. The fraction of sp³-hybridized carbons (Fsp3) is 0. The second-order valence-corrected chi connectivity index (χ2v) is 2.88. The molecule has 0 bridgehead atoms. The lowest BCUT2D eigenvalue weighted by atomic mass is 10.0. The molecule has 0 saturated heterocycles. The SMILES string of the molecule is [2H]N([2H])c1ccccc1-c1ccccc1. The van der Waals surface area contributed by atoms with Crippen LogP contribution in [0, 0.1) is 0 Å². The Morgan fingerprint density at radius 3 is 2.31 bits per heavy atom. The van der Waals surface area contributed by atoms with Crippen LogP contribution >= 0.6 is 0 Å². The average Bonchev–Trinajstić information content (AvgIpc) is 2.30. The number of para-hydroxylation sites is 1. The van der Waals surface area contributed by atoms with Crippen LogP contribution < -0.4 is 5.72 Å². The van der Waals surface area contributed by atoms with Gasteiger partial charge in [-0.1, -0.05) is 48.5 Å². The minimum Gasteiger partial charge on any atom is -0.398 e. The standard InChI is InChI=1S/C12H11N/c13-12-9-5-4-8-11(12)10-6-2-1-3-7-10/h1-9H,13H2/i/hD2. The maximum absolute atomic E-state index is 7.31. The monoisotopic (exact) mass is 171 g/mol. The van der Waals surface area contributed by atoms with Crippen molar-refractivity contribution < 1.29 is 2.82 Å². The van der Waals surface area contributed by atoms with E-state index in [2.05, 4.69) is 0 Å². The second kappa shape index (κ2) is 3.31. The quantitative estimate of drug-likeness (QED) is 0.691. The molecule has 2 rings (SSSR count). The van der Waals surface area contributed by atoms with E-state index in [9.17, 15) is 0 Å². The Labute approximate surface area is 80.8 Å². The Morgan fingerprint density at radius 1 is 0.846 bits per heavy atom. The number of nitrogen functional groups attached to an aromatic ring is 1. The van der Waals surface area contributed by atoms with Gasteiger partial charge in [0, 0.05) is 11.3 Å². The summed E-state index contributed by atoms with van der Waals surface area (Å²) >= 11 is 0. The van der Waals surface area contributed by atoms with Crippen LogP contribution in [0.3, 0.4) is 0 Å². The van der Waals surface area contributed by atoms with Gasteiger partial charge in [-0.15, -0.1) is 0 Å². The molecule has 0 saturated carbocycles. The highest BCUT2D eigenvalue weighted by Gasteiger charge is 1.98. The second-order valence-electron chi connectivity index (χ2n) is 2.88. The summed E-state index contributed by atoms with van der Waals surface area (Å²) in [5.74, 6) is 0. The van der Waals surface area contributed by atoms with Gasteiger partial charge in [-0.3, -0.25) is 0 Å². The maximum Gasteiger partial charge on any atom is 0.156 e. The van der Waals surface area contributed by atoms with Crippen LogP contribution in [-0.4, -0.2) is 0 Å². The van der Waals surface area contributed by atoms with Crippen molar-refractivity contribution in [2.75, 3.05) is 5.72 Å². The summed E-state index contributed by atoms with van der Waals surface area (Å²) in [6.07, 6.45) is 0. The molecule has 13 heavy (non-hydrogen) atoms. The minimum atomic E-state index is 0.587. The Balaban J connectivity index is 2.53. The molecule has 0 unspecified atom stereocenters. The summed E-state index contributed by atoms with van der Waals surface area (Å²) in [5.41, 5.74) is 3.16. The molecule has 0 atom stereocenters. The zero-order chi connectivity index (χ0) is 10.7. The van der Waals surface area contributed by atoms with Crippen molar-refractivity contribution in [2.24, 2.45) is 0 Å². The summed E-state index contributed by atoms with van der Waals surface area (Å²) in [6.45, 7) is 0. The number of rotatable bonds is 2. The molecule has 0 heterocycles. The molecule has 2 aromatic carbocycles. The van der Waals surface area contributed by atoms with Crippen molar-refractivity contribution in [2.45, 2.75) is 0 Å². The maximum atomic E-state index is 7.31. The van der Waals surface area contributed by atoms with Crippen molar-refractivity contribution >= 4 is 5.69 Å². The van der Waals surface area contributed by atoms with Crippen LogP contribution in [0.15, 0.2) is 54.6 Å². The van der Waals surface area contributed by atoms with Gasteiger partial charge in [0.2, 0.25) is 0 Å². The van der Waals surface area contributed by atoms with Crippen molar-refractivity contribution in [1.82, 2.24) is 0 Å². The fourth-order valence-corrected chi connectivity index (χ4v) is 1.34. The van der Waals surface area contributed by atoms with Crippen LogP contribution in [-0.2, 0) is 0 Å². The third-order valence-electron chi connectivity index (χ3n) is 1.99. The molecular weight excluding hydrogens is 158 g/mol. The van der Waals surface area contributed by atoms with E-state index in [-0.39, 0.29) is 0 Å². The molecule has 0 aliphatic rings. The van der Waals surface area contributed by atoms with Crippen LogP contribution in [0.5, 0.6) is 0 Å². The normalized spacial score (nSPS) is 11.7. The molecule has 0 aromatic heterocycles. The van der Waals surface area contributed by atoms with Crippen molar-refractivity contribution in [1.29, 1.82) is 0 Å². The molecule has 1 heteroatoms. The van der Waals surface area contributed by atoms with Crippen LogP contribution in [0.2, 0.25) is 2.82 Å². The van der Waals surface area contributed by atoms with Crippen molar-refractivity contribution in [3.05, 3.63) is 54.6 Å². The van der Waals surface area contributed by atoms with E-state index in [0.29, 0.717) is 11.4 Å². The molecule has 0 spiro atoms. The lowest BCUT2D eigenvalue weighted by Crippen LogP contribution is -1.88. The summed E-state index contributed by atoms with van der Waals surface area (Å²) in [4.78, 5) is 0. The van der Waals surface area contributed by atoms with Crippen LogP contribution in [0.4, 0.5) is 5.69 Å². The van der Waals surface area contributed by atoms with E-state index < -0.39 is 0 Å². The Morgan fingerprint density at radius 2 is 1.54 bits per heavy atom. The Hall–Kier alpha value is -1.76. The van der Waals surface area contributed by atoms with E-state index in [1.807, 2.05) is 48.5 Å². The highest BCUT2D eigenvalue weighted by molar-refractivity contribution is 5.75. The lowest BCUT2D eigenvalue weighted by molar-refractivity contribution is 1.61. The summed E-state index contributed by atoms with van der Waals surface area (Å²) in [6, 6.07) is 17.2. The van der Waals surface area contributed by atoms with Gasteiger partial charge in [-0.25, -0.2) is 0 Å². The van der Waals surface area contributed by atoms with Crippen LogP contribution in [0.1, 0.15) is 0 Å². The van der Waals surface area contributed by atoms with Gasteiger partial charge in [0.1, 0.15) is 0 Å². The molecule has 0 aliphatic heterocycles. The summed E-state index contributed by atoms with van der Waals surface area (Å²) in [5, 5.41) is 0. The van der Waals surface area contributed by atoms with Gasteiger partial charge in [-0.05, 0) is 11.6 Å². The highest BCUT2D eigenvalue weighted by Crippen LogP contribution is 2.24. The zero-order valence-corrected chi connectivity index (χ0v) is 7.14. The van der Waals surface area contributed by atoms with Gasteiger partial charge in [-0.2, -0.15) is 0 Å². The van der Waals surface area contributed by atoms with Crippen molar-refractivity contribution in [3.63, 3.8) is 0 Å². The molecule has 2 N–H and O–H groups in total. The predicted octanol–water partition coefficient (Wildman–Crippen LogP) is 2.94. The van der Waals surface area contributed by atoms with Gasteiger partial charge in [0.05, 0.1) is 0 Å². The molecule has 2 aromatic rings. The lowest BCUT2D eigenvalue weighted by Gasteiger charge is -2.03. The number of hydrogen-bond donors (Lipinski definition) is 1.